The number of rotatable bonds is 4. The van der Waals surface area contributed by atoms with Gasteiger partial charge in [-0.25, -0.2) is 0 Å². The molecule has 1 heterocycles. The molecule has 5 nitrogen and oxygen atoms in total. The van der Waals surface area contributed by atoms with Gasteiger partial charge in [0.1, 0.15) is 0 Å². The molecule has 1 fully saturated rings. The van der Waals surface area contributed by atoms with Gasteiger partial charge in [0.25, 0.3) is 0 Å². The lowest BCUT2D eigenvalue weighted by Crippen LogP contribution is -2.52. The van der Waals surface area contributed by atoms with Crippen LogP contribution >= 0.6 is 0 Å². The number of nitrogens with one attached hydrogen (secondary N) is 1. The Hall–Kier alpha value is -1.36. The molecule has 1 aliphatic rings. The van der Waals surface area contributed by atoms with Gasteiger partial charge in [-0.3, -0.25) is 9.48 Å². The van der Waals surface area contributed by atoms with Gasteiger partial charge in [0.05, 0.1) is 18.2 Å². The molecule has 0 radical (unpaired) electrons. The van der Waals surface area contributed by atoms with Crippen LogP contribution in [0.15, 0.2) is 12.4 Å². The van der Waals surface area contributed by atoms with E-state index in [1.54, 1.807) is 10.9 Å². The number of aromatic nitrogens is 2. The normalized spacial score (nSPS) is 18.2. The number of hydrogen-bond donors (Lipinski definition) is 2. The van der Waals surface area contributed by atoms with Gasteiger partial charge in [0.15, 0.2) is 0 Å². The zero-order chi connectivity index (χ0) is 12.3. The van der Waals surface area contributed by atoms with Gasteiger partial charge in [-0.15, -0.1) is 0 Å². The van der Waals surface area contributed by atoms with E-state index in [4.69, 9.17) is 5.73 Å². The average Bonchev–Trinajstić information content (AvgIpc) is 2.89. The summed E-state index contributed by atoms with van der Waals surface area (Å²) in [6, 6.07) is 0. The molecule has 17 heavy (non-hydrogen) atoms. The van der Waals surface area contributed by atoms with E-state index < -0.39 is 0 Å². The van der Waals surface area contributed by atoms with Crippen LogP contribution in [-0.4, -0.2) is 27.8 Å². The van der Waals surface area contributed by atoms with Gasteiger partial charge < -0.3 is 11.1 Å². The zero-order valence-corrected chi connectivity index (χ0v) is 10.3. The highest BCUT2D eigenvalue weighted by Gasteiger charge is 2.33. The van der Waals surface area contributed by atoms with E-state index in [2.05, 4.69) is 10.4 Å². The number of aryl methyl sites for hydroxylation is 1. The Morgan fingerprint density at radius 2 is 2.29 bits per heavy atom. The maximum Gasteiger partial charge on any atom is 0.225 e. The van der Waals surface area contributed by atoms with Crippen molar-refractivity contribution in [3.63, 3.8) is 0 Å². The molecule has 1 aromatic heterocycles. The SMILES string of the molecule is Cn1cc(CC(=O)NC2(CN)CCCC2)cn1. The predicted molar refractivity (Wildman–Crippen MR) is 65.3 cm³/mol. The van der Waals surface area contributed by atoms with E-state index in [-0.39, 0.29) is 11.4 Å². The predicted octanol–water partition coefficient (Wildman–Crippen LogP) is 0.350. The lowest BCUT2D eigenvalue weighted by molar-refractivity contribution is -0.122. The summed E-state index contributed by atoms with van der Waals surface area (Å²) < 4.78 is 1.71. The third-order valence-electron chi connectivity index (χ3n) is 3.48. The summed E-state index contributed by atoms with van der Waals surface area (Å²) in [6.07, 6.45) is 8.29. The average molecular weight is 236 g/mol. The topological polar surface area (TPSA) is 72.9 Å². The first-order chi connectivity index (χ1) is 8.13. The monoisotopic (exact) mass is 236 g/mol. The molecule has 2 rings (SSSR count). The molecule has 0 saturated heterocycles. The van der Waals surface area contributed by atoms with Crippen LogP contribution in [0.3, 0.4) is 0 Å². The molecule has 1 saturated carbocycles. The van der Waals surface area contributed by atoms with Crippen LogP contribution in [0.1, 0.15) is 31.2 Å². The van der Waals surface area contributed by atoms with E-state index in [9.17, 15) is 4.79 Å². The Bertz CT molecular complexity index is 393. The minimum atomic E-state index is -0.153. The Morgan fingerprint density at radius 1 is 1.59 bits per heavy atom. The standard InChI is InChI=1S/C12H20N4O/c1-16-8-10(7-14-16)6-11(17)15-12(9-13)4-2-3-5-12/h7-8H,2-6,9,13H2,1H3,(H,15,17). The maximum atomic E-state index is 11.9. The highest BCUT2D eigenvalue weighted by atomic mass is 16.1. The molecule has 0 aromatic carbocycles. The summed E-state index contributed by atoms with van der Waals surface area (Å²) in [6.45, 7) is 0.534. The van der Waals surface area contributed by atoms with Crippen LogP contribution < -0.4 is 11.1 Å². The summed E-state index contributed by atoms with van der Waals surface area (Å²) in [5, 5.41) is 7.15. The van der Waals surface area contributed by atoms with Crippen molar-refractivity contribution in [3.8, 4) is 0 Å². The third-order valence-corrected chi connectivity index (χ3v) is 3.48. The zero-order valence-electron chi connectivity index (χ0n) is 10.3. The third kappa shape index (κ3) is 2.85. The van der Waals surface area contributed by atoms with Gasteiger partial charge in [0.2, 0.25) is 5.91 Å². The lowest BCUT2D eigenvalue weighted by Gasteiger charge is -2.28. The van der Waals surface area contributed by atoms with Crippen molar-refractivity contribution < 1.29 is 4.79 Å². The molecular formula is C12H20N4O. The van der Waals surface area contributed by atoms with Crippen LogP contribution in [0, 0.1) is 0 Å². The minimum Gasteiger partial charge on any atom is -0.349 e. The minimum absolute atomic E-state index is 0.0466. The highest BCUT2D eigenvalue weighted by molar-refractivity contribution is 5.79. The van der Waals surface area contributed by atoms with Gasteiger partial charge >= 0.3 is 0 Å². The summed E-state index contributed by atoms with van der Waals surface area (Å²) in [4.78, 5) is 11.9. The van der Waals surface area contributed by atoms with E-state index in [0.717, 1.165) is 31.2 Å². The van der Waals surface area contributed by atoms with Gasteiger partial charge in [-0.05, 0) is 18.4 Å². The first-order valence-electron chi connectivity index (χ1n) is 6.12. The van der Waals surface area contributed by atoms with Crippen molar-refractivity contribution in [2.24, 2.45) is 12.8 Å². The number of carbonyl (C=O) groups excluding carboxylic acids is 1. The fourth-order valence-corrected chi connectivity index (χ4v) is 2.52. The summed E-state index contributed by atoms with van der Waals surface area (Å²) in [5.41, 5.74) is 6.57. The first-order valence-corrected chi connectivity index (χ1v) is 6.12. The largest absolute Gasteiger partial charge is 0.349 e. The van der Waals surface area contributed by atoms with Gasteiger partial charge in [-0.1, -0.05) is 12.8 Å². The summed E-state index contributed by atoms with van der Waals surface area (Å²) >= 11 is 0. The molecular weight excluding hydrogens is 216 g/mol. The van der Waals surface area contributed by atoms with Crippen LogP contribution in [0.5, 0.6) is 0 Å². The molecule has 3 N–H and O–H groups in total. The number of hydrogen-bond acceptors (Lipinski definition) is 3. The number of nitrogens with zero attached hydrogens (tertiary/aromatic N) is 2. The van der Waals surface area contributed by atoms with Crippen molar-refractivity contribution in [2.45, 2.75) is 37.6 Å². The second-order valence-corrected chi connectivity index (χ2v) is 4.94. The van der Waals surface area contributed by atoms with Crippen LogP contribution in [0.25, 0.3) is 0 Å². The fraction of sp³-hybridized carbons (Fsp3) is 0.667. The van der Waals surface area contributed by atoms with Crippen molar-refractivity contribution in [1.29, 1.82) is 0 Å². The Labute approximate surface area is 101 Å². The van der Waals surface area contributed by atoms with Gasteiger partial charge in [0, 0.05) is 19.8 Å². The molecule has 1 amide bonds. The maximum absolute atomic E-state index is 11.9. The molecule has 94 valence electrons. The number of amides is 1. The fourth-order valence-electron chi connectivity index (χ4n) is 2.52. The molecule has 0 bridgehead atoms. The molecule has 5 heteroatoms. The Balaban J connectivity index is 1.92. The number of nitrogens with two attached hydrogens (primary N) is 1. The van der Waals surface area contributed by atoms with Gasteiger partial charge in [-0.2, -0.15) is 5.10 Å². The van der Waals surface area contributed by atoms with Crippen molar-refractivity contribution in [3.05, 3.63) is 18.0 Å². The van der Waals surface area contributed by atoms with Crippen LogP contribution in [0.2, 0.25) is 0 Å². The van der Waals surface area contributed by atoms with E-state index in [0.29, 0.717) is 13.0 Å². The van der Waals surface area contributed by atoms with E-state index in [1.807, 2.05) is 13.2 Å². The second-order valence-electron chi connectivity index (χ2n) is 4.94. The van der Waals surface area contributed by atoms with Crippen molar-refractivity contribution in [1.82, 2.24) is 15.1 Å². The summed E-state index contributed by atoms with van der Waals surface area (Å²) in [5.74, 6) is 0.0466. The van der Waals surface area contributed by atoms with E-state index in [1.165, 1.54) is 0 Å². The first kappa shape index (κ1) is 12.1. The summed E-state index contributed by atoms with van der Waals surface area (Å²) in [7, 11) is 1.85. The second kappa shape index (κ2) is 4.87. The van der Waals surface area contributed by atoms with E-state index >= 15 is 0 Å². The highest BCUT2D eigenvalue weighted by Crippen LogP contribution is 2.28. The molecule has 0 unspecified atom stereocenters. The van der Waals surface area contributed by atoms with Crippen molar-refractivity contribution >= 4 is 5.91 Å². The molecule has 1 aromatic rings. The quantitative estimate of drug-likeness (QED) is 0.792. The van der Waals surface area contributed by atoms with Crippen LogP contribution in [-0.2, 0) is 18.3 Å². The number of carbonyl (C=O) groups is 1. The smallest absolute Gasteiger partial charge is 0.225 e. The lowest BCUT2D eigenvalue weighted by atomic mass is 9.97. The molecule has 0 aliphatic heterocycles. The Morgan fingerprint density at radius 3 is 2.82 bits per heavy atom. The Kier molecular flexibility index (Phi) is 3.47. The molecule has 0 spiro atoms. The molecule has 1 aliphatic carbocycles. The van der Waals surface area contributed by atoms with Crippen molar-refractivity contribution in [2.75, 3.05) is 6.54 Å². The molecule has 0 atom stereocenters. The van der Waals surface area contributed by atoms with Crippen LogP contribution in [0.4, 0.5) is 0 Å².